The van der Waals surface area contributed by atoms with Gasteiger partial charge in [0.25, 0.3) is 5.91 Å². The van der Waals surface area contributed by atoms with Crippen LogP contribution in [0.4, 0.5) is 0 Å². The number of carbonyl (C=O) groups excluding carboxylic acids is 1. The highest BCUT2D eigenvalue weighted by molar-refractivity contribution is 5.92. The first kappa shape index (κ1) is 16.3. The highest BCUT2D eigenvalue weighted by Gasteiger charge is 2.29. The Bertz CT molecular complexity index is 734. The van der Waals surface area contributed by atoms with E-state index in [0.29, 0.717) is 31.2 Å². The van der Waals surface area contributed by atoms with Crippen molar-refractivity contribution in [2.75, 3.05) is 19.8 Å². The summed E-state index contributed by atoms with van der Waals surface area (Å²) in [6, 6.07) is 0. The Morgan fingerprint density at radius 3 is 2.88 bits per heavy atom. The summed E-state index contributed by atoms with van der Waals surface area (Å²) in [7, 11) is 0. The number of amides is 1. The lowest BCUT2D eigenvalue weighted by molar-refractivity contribution is 0.0339. The molecule has 1 fully saturated rings. The van der Waals surface area contributed by atoms with Gasteiger partial charge in [0.2, 0.25) is 5.76 Å². The Hall–Kier alpha value is -2.15. The van der Waals surface area contributed by atoms with E-state index in [-0.39, 0.29) is 11.8 Å². The minimum absolute atomic E-state index is 0.117. The molecule has 0 bridgehead atoms. The van der Waals surface area contributed by atoms with Crippen LogP contribution in [0.2, 0.25) is 0 Å². The number of hydrogen-bond acceptors (Lipinski definition) is 5. The summed E-state index contributed by atoms with van der Waals surface area (Å²) in [4.78, 5) is 23.0. The first-order valence-corrected chi connectivity index (χ1v) is 8.97. The Kier molecular flexibility index (Phi) is 4.57. The van der Waals surface area contributed by atoms with Crippen molar-refractivity contribution in [2.24, 2.45) is 11.8 Å². The van der Waals surface area contributed by atoms with Crippen LogP contribution in [0.5, 0.6) is 0 Å². The monoisotopic (exact) mass is 344 g/mol. The van der Waals surface area contributed by atoms with Crippen LogP contribution >= 0.6 is 0 Å². The van der Waals surface area contributed by atoms with Crippen molar-refractivity contribution in [1.29, 1.82) is 0 Å². The van der Waals surface area contributed by atoms with Crippen LogP contribution in [0.15, 0.2) is 23.3 Å². The van der Waals surface area contributed by atoms with Crippen molar-refractivity contribution in [2.45, 2.75) is 39.3 Å². The zero-order valence-corrected chi connectivity index (χ0v) is 14.6. The number of fused-ring (bicyclic) bond motifs is 1. The second-order valence-corrected chi connectivity index (χ2v) is 7.19. The van der Waals surface area contributed by atoms with E-state index in [1.54, 1.807) is 6.92 Å². The van der Waals surface area contributed by atoms with Crippen molar-refractivity contribution in [3.05, 3.63) is 36.1 Å². The first-order valence-electron chi connectivity index (χ1n) is 8.97. The molecule has 0 saturated heterocycles. The average Bonchev–Trinajstić information content (AvgIpc) is 3.13. The minimum Gasteiger partial charge on any atom is -0.438 e. The first-order chi connectivity index (χ1) is 12.2. The van der Waals surface area contributed by atoms with Crippen LogP contribution in [0, 0.1) is 18.8 Å². The molecule has 4 rings (SSSR count). The van der Waals surface area contributed by atoms with E-state index in [4.69, 9.17) is 9.15 Å². The second kappa shape index (κ2) is 7.00. The Balaban J connectivity index is 1.46. The number of oxazole rings is 1. The summed E-state index contributed by atoms with van der Waals surface area (Å²) < 4.78 is 13.4. The molecule has 25 heavy (non-hydrogen) atoms. The predicted molar refractivity (Wildman–Crippen MR) is 89.9 cm³/mol. The molecule has 1 atom stereocenters. The van der Waals surface area contributed by atoms with E-state index in [9.17, 15) is 4.79 Å². The maximum absolute atomic E-state index is 12.9. The Labute approximate surface area is 147 Å². The molecule has 7 heteroatoms. The largest absolute Gasteiger partial charge is 0.438 e. The van der Waals surface area contributed by atoms with Crippen molar-refractivity contribution in [1.82, 2.24) is 19.4 Å². The summed E-state index contributed by atoms with van der Waals surface area (Å²) in [5.41, 5.74) is 1.66. The molecule has 0 N–H and O–H groups in total. The van der Waals surface area contributed by atoms with Gasteiger partial charge in [-0.1, -0.05) is 6.42 Å². The molecule has 0 unspecified atom stereocenters. The van der Waals surface area contributed by atoms with Crippen molar-refractivity contribution >= 4 is 5.91 Å². The zero-order valence-electron chi connectivity index (χ0n) is 14.6. The minimum atomic E-state index is -0.117. The van der Waals surface area contributed by atoms with Gasteiger partial charge < -0.3 is 18.6 Å². The molecule has 2 aromatic rings. The van der Waals surface area contributed by atoms with E-state index < -0.39 is 0 Å². The second-order valence-electron chi connectivity index (χ2n) is 7.19. The van der Waals surface area contributed by atoms with Crippen LogP contribution in [-0.2, 0) is 17.8 Å². The van der Waals surface area contributed by atoms with E-state index in [0.717, 1.165) is 24.8 Å². The molecule has 1 amide bonds. The maximum atomic E-state index is 12.9. The van der Waals surface area contributed by atoms with Gasteiger partial charge in [-0.05, 0) is 25.7 Å². The van der Waals surface area contributed by atoms with Gasteiger partial charge in [0.15, 0.2) is 6.39 Å². The van der Waals surface area contributed by atoms with Gasteiger partial charge >= 0.3 is 0 Å². The van der Waals surface area contributed by atoms with Gasteiger partial charge in [-0.15, -0.1) is 0 Å². The Morgan fingerprint density at radius 2 is 2.16 bits per heavy atom. The predicted octanol–water partition coefficient (Wildman–Crippen LogP) is 2.27. The van der Waals surface area contributed by atoms with Crippen LogP contribution in [-0.4, -0.2) is 45.1 Å². The van der Waals surface area contributed by atoms with Gasteiger partial charge in [-0.25, -0.2) is 9.97 Å². The molecular formula is C18H24N4O3. The van der Waals surface area contributed by atoms with Gasteiger partial charge in [0.05, 0.1) is 30.9 Å². The average molecular weight is 344 g/mol. The number of ether oxygens (including phenoxy) is 1. The molecule has 0 spiro atoms. The van der Waals surface area contributed by atoms with E-state index in [1.165, 1.54) is 25.7 Å². The molecule has 2 aliphatic rings. The number of imidazole rings is 1. The number of aryl methyl sites for hydroxylation is 1. The molecule has 1 saturated carbocycles. The van der Waals surface area contributed by atoms with Gasteiger partial charge in [0.1, 0.15) is 0 Å². The number of carbonyl (C=O) groups is 1. The molecule has 3 heterocycles. The Morgan fingerprint density at radius 1 is 1.32 bits per heavy atom. The summed E-state index contributed by atoms with van der Waals surface area (Å²) in [5, 5.41) is 0. The fourth-order valence-corrected chi connectivity index (χ4v) is 3.52. The van der Waals surface area contributed by atoms with Gasteiger partial charge in [-0.2, -0.15) is 0 Å². The molecular weight excluding hydrogens is 320 g/mol. The highest BCUT2D eigenvalue weighted by Crippen LogP contribution is 2.27. The quantitative estimate of drug-likeness (QED) is 0.832. The molecule has 1 aliphatic carbocycles. The molecule has 1 aliphatic heterocycles. The summed E-state index contributed by atoms with van der Waals surface area (Å²) in [5.74, 6) is 1.17. The summed E-state index contributed by atoms with van der Waals surface area (Å²) in [6.07, 6.45) is 8.88. The van der Waals surface area contributed by atoms with Crippen LogP contribution < -0.4 is 0 Å². The number of nitrogens with zero attached hydrogens (tertiary/aromatic N) is 4. The third-order valence-electron chi connectivity index (χ3n) is 5.24. The maximum Gasteiger partial charge on any atom is 0.291 e. The van der Waals surface area contributed by atoms with Gasteiger partial charge in [-0.3, -0.25) is 4.79 Å². The number of aromatic nitrogens is 3. The topological polar surface area (TPSA) is 73.4 Å². The fraction of sp³-hybridized carbons (Fsp3) is 0.611. The summed E-state index contributed by atoms with van der Waals surface area (Å²) >= 11 is 0. The SMILES string of the molecule is Cc1ncoc1C(=O)N1Cc2cncn2C[C@H](COCC2CCC2)C1. The van der Waals surface area contributed by atoms with E-state index in [1.807, 2.05) is 17.4 Å². The molecule has 7 nitrogen and oxygen atoms in total. The third kappa shape index (κ3) is 3.46. The van der Waals surface area contributed by atoms with Gasteiger partial charge in [0, 0.05) is 31.8 Å². The van der Waals surface area contributed by atoms with E-state index >= 15 is 0 Å². The smallest absolute Gasteiger partial charge is 0.291 e. The fourth-order valence-electron chi connectivity index (χ4n) is 3.52. The standard InChI is InChI=1S/C18H24N4O3/c1-13-17(25-12-20-13)18(23)21-6-15(10-24-9-14-3-2-4-14)7-22-11-19-5-16(22)8-21/h5,11-12,14-15H,2-4,6-10H2,1H3/t15-/m1/s1. The molecule has 0 aromatic carbocycles. The lowest BCUT2D eigenvalue weighted by Crippen LogP contribution is -2.35. The van der Waals surface area contributed by atoms with Crippen molar-refractivity contribution in [3.8, 4) is 0 Å². The molecule has 134 valence electrons. The van der Waals surface area contributed by atoms with E-state index in [2.05, 4.69) is 14.5 Å². The number of rotatable bonds is 5. The highest BCUT2D eigenvalue weighted by atomic mass is 16.5. The molecule has 2 aromatic heterocycles. The van der Waals surface area contributed by atoms with Crippen LogP contribution in [0.1, 0.15) is 41.2 Å². The summed E-state index contributed by atoms with van der Waals surface area (Å²) in [6.45, 7) is 5.27. The molecule has 0 radical (unpaired) electrons. The number of hydrogen-bond donors (Lipinski definition) is 0. The van der Waals surface area contributed by atoms with Crippen LogP contribution in [0.3, 0.4) is 0 Å². The normalized spacial score (nSPS) is 20.8. The lowest BCUT2D eigenvalue weighted by atomic mass is 9.86. The zero-order chi connectivity index (χ0) is 17.2. The van der Waals surface area contributed by atoms with Crippen molar-refractivity contribution < 1.29 is 13.9 Å². The lowest BCUT2D eigenvalue weighted by Gasteiger charge is -2.27. The third-order valence-corrected chi connectivity index (χ3v) is 5.24. The van der Waals surface area contributed by atoms with Crippen molar-refractivity contribution in [3.63, 3.8) is 0 Å². The van der Waals surface area contributed by atoms with Crippen LogP contribution in [0.25, 0.3) is 0 Å².